The molecule has 168 valence electrons. The molecule has 2 N–H and O–H groups in total. The number of benzene rings is 2. The standard InChI is InChI=1S/C23H24ClN3O5/c1-3-13-27(14-12-25-2)23(31)32-17-10-8-16(9-11-17)15-20(22(29)30)26-21(28)18-6-4-5-7-19(18)24/h4-11,20H,3,12-15H2,1H3,(H,26,28)(H,29,30). The van der Waals surface area contributed by atoms with Gasteiger partial charge in [-0.2, -0.15) is 0 Å². The lowest BCUT2D eigenvalue weighted by molar-refractivity contribution is -0.139. The normalized spacial score (nSPS) is 11.2. The van der Waals surface area contributed by atoms with E-state index < -0.39 is 24.0 Å². The fourth-order valence-electron chi connectivity index (χ4n) is 2.91. The number of carboxylic acid groups (broad SMARTS) is 1. The van der Waals surface area contributed by atoms with Gasteiger partial charge in [-0.05, 0) is 36.2 Å². The van der Waals surface area contributed by atoms with Gasteiger partial charge in [0.25, 0.3) is 5.91 Å². The summed E-state index contributed by atoms with van der Waals surface area (Å²) in [5.41, 5.74) is 0.826. The van der Waals surface area contributed by atoms with Crippen molar-refractivity contribution in [2.75, 3.05) is 19.6 Å². The van der Waals surface area contributed by atoms with Crippen molar-refractivity contribution in [1.29, 1.82) is 0 Å². The third kappa shape index (κ3) is 7.29. The van der Waals surface area contributed by atoms with Crippen molar-refractivity contribution < 1.29 is 24.2 Å². The summed E-state index contributed by atoms with van der Waals surface area (Å²) in [6, 6.07) is 11.6. The molecule has 2 aromatic carbocycles. The Bertz CT molecular complexity index is 988. The number of rotatable bonds is 10. The van der Waals surface area contributed by atoms with Gasteiger partial charge in [0.1, 0.15) is 11.8 Å². The van der Waals surface area contributed by atoms with Crippen LogP contribution in [0.4, 0.5) is 4.79 Å². The van der Waals surface area contributed by atoms with Gasteiger partial charge < -0.3 is 24.9 Å². The minimum Gasteiger partial charge on any atom is -0.480 e. The van der Waals surface area contributed by atoms with Gasteiger partial charge in [0.2, 0.25) is 6.54 Å². The molecule has 0 heterocycles. The Morgan fingerprint density at radius 2 is 1.84 bits per heavy atom. The van der Waals surface area contributed by atoms with E-state index in [4.69, 9.17) is 22.9 Å². The van der Waals surface area contributed by atoms with E-state index in [0.717, 1.165) is 6.42 Å². The number of aliphatic carboxylic acids is 1. The van der Waals surface area contributed by atoms with Crippen LogP contribution in [0.25, 0.3) is 4.85 Å². The minimum atomic E-state index is -1.18. The van der Waals surface area contributed by atoms with Crippen molar-refractivity contribution in [2.45, 2.75) is 25.8 Å². The molecule has 0 aliphatic rings. The van der Waals surface area contributed by atoms with Gasteiger partial charge in [-0.15, -0.1) is 0 Å². The smallest absolute Gasteiger partial charge is 0.415 e. The summed E-state index contributed by atoms with van der Waals surface area (Å²) in [5.74, 6) is -1.46. The number of nitrogens with one attached hydrogen (secondary N) is 1. The van der Waals surface area contributed by atoms with E-state index in [0.29, 0.717) is 24.4 Å². The monoisotopic (exact) mass is 457 g/mol. The summed E-state index contributed by atoms with van der Waals surface area (Å²) < 4.78 is 5.35. The Labute approximate surface area is 191 Å². The highest BCUT2D eigenvalue weighted by Gasteiger charge is 2.22. The zero-order chi connectivity index (χ0) is 23.5. The Morgan fingerprint density at radius 3 is 2.44 bits per heavy atom. The molecule has 2 amide bonds. The first-order valence-electron chi connectivity index (χ1n) is 10.0. The van der Waals surface area contributed by atoms with E-state index in [1.165, 1.54) is 11.0 Å². The van der Waals surface area contributed by atoms with Gasteiger partial charge in [0.05, 0.1) is 17.1 Å². The lowest BCUT2D eigenvalue weighted by Gasteiger charge is -2.19. The van der Waals surface area contributed by atoms with Crippen LogP contribution in [-0.4, -0.2) is 53.7 Å². The molecule has 0 aliphatic heterocycles. The van der Waals surface area contributed by atoms with Crippen LogP contribution in [0, 0.1) is 6.57 Å². The van der Waals surface area contributed by atoms with Crippen LogP contribution in [0.3, 0.4) is 0 Å². The van der Waals surface area contributed by atoms with Gasteiger partial charge in [0, 0.05) is 13.0 Å². The highest BCUT2D eigenvalue weighted by atomic mass is 35.5. The summed E-state index contributed by atoms with van der Waals surface area (Å²) in [4.78, 5) is 41.1. The Hall–Kier alpha value is -3.57. The SMILES string of the molecule is [C-]#[N+]CCN(CCC)C(=O)Oc1ccc(CC(NC(=O)c2ccccc2Cl)C(=O)O)cc1. The molecular formula is C23H24ClN3O5. The van der Waals surface area contributed by atoms with Gasteiger partial charge in [-0.3, -0.25) is 4.79 Å². The van der Waals surface area contributed by atoms with E-state index in [-0.39, 0.29) is 23.6 Å². The Kier molecular flexibility index (Phi) is 9.51. The molecule has 2 aromatic rings. The van der Waals surface area contributed by atoms with Gasteiger partial charge in [-0.25, -0.2) is 16.2 Å². The number of hydrogen-bond acceptors (Lipinski definition) is 4. The zero-order valence-corrected chi connectivity index (χ0v) is 18.3. The van der Waals surface area contributed by atoms with Crippen molar-refractivity contribution >= 4 is 29.6 Å². The van der Waals surface area contributed by atoms with Crippen LogP contribution in [0.2, 0.25) is 5.02 Å². The van der Waals surface area contributed by atoms with Crippen LogP contribution in [0.5, 0.6) is 5.75 Å². The van der Waals surface area contributed by atoms with E-state index in [2.05, 4.69) is 10.2 Å². The summed E-state index contributed by atoms with van der Waals surface area (Å²) in [6.07, 6.45) is 0.230. The number of halogens is 1. The number of hydrogen-bond donors (Lipinski definition) is 2. The number of amides is 2. The third-order valence-electron chi connectivity index (χ3n) is 4.52. The van der Waals surface area contributed by atoms with Crippen molar-refractivity contribution in [1.82, 2.24) is 10.2 Å². The number of carbonyl (C=O) groups is 3. The molecule has 0 saturated heterocycles. The predicted molar refractivity (Wildman–Crippen MR) is 120 cm³/mol. The van der Waals surface area contributed by atoms with E-state index in [1.54, 1.807) is 42.5 Å². The fraction of sp³-hybridized carbons (Fsp3) is 0.304. The van der Waals surface area contributed by atoms with Gasteiger partial charge in [0.15, 0.2) is 0 Å². The molecule has 9 heteroatoms. The second-order valence-corrected chi connectivity index (χ2v) is 7.34. The van der Waals surface area contributed by atoms with Crippen molar-refractivity contribution in [3.63, 3.8) is 0 Å². The van der Waals surface area contributed by atoms with Crippen LogP contribution in [0.15, 0.2) is 48.5 Å². The number of carboxylic acids is 1. The number of nitrogens with zero attached hydrogens (tertiary/aromatic N) is 2. The lowest BCUT2D eigenvalue weighted by atomic mass is 10.1. The molecule has 0 fully saturated rings. The van der Waals surface area contributed by atoms with Crippen LogP contribution < -0.4 is 10.1 Å². The molecular weight excluding hydrogens is 434 g/mol. The second-order valence-electron chi connectivity index (χ2n) is 6.93. The van der Waals surface area contributed by atoms with Crippen molar-refractivity contribution in [3.05, 3.63) is 76.1 Å². The van der Waals surface area contributed by atoms with Crippen molar-refractivity contribution in [3.8, 4) is 5.75 Å². The molecule has 8 nitrogen and oxygen atoms in total. The molecule has 2 rings (SSSR count). The second kappa shape index (κ2) is 12.3. The van der Waals surface area contributed by atoms with Crippen LogP contribution >= 0.6 is 11.6 Å². The summed E-state index contributed by atoms with van der Waals surface area (Å²) in [6.45, 7) is 9.77. The molecule has 0 bridgehead atoms. The predicted octanol–water partition coefficient (Wildman–Crippen LogP) is 3.90. The first-order chi connectivity index (χ1) is 15.3. The maximum absolute atomic E-state index is 12.4. The zero-order valence-electron chi connectivity index (χ0n) is 17.6. The van der Waals surface area contributed by atoms with E-state index in [1.807, 2.05) is 6.92 Å². The van der Waals surface area contributed by atoms with Gasteiger partial charge >= 0.3 is 12.1 Å². The van der Waals surface area contributed by atoms with E-state index in [9.17, 15) is 19.5 Å². The molecule has 0 saturated carbocycles. The average Bonchev–Trinajstić information content (AvgIpc) is 2.77. The maximum atomic E-state index is 12.4. The number of carbonyl (C=O) groups excluding carboxylic acids is 2. The highest BCUT2D eigenvalue weighted by molar-refractivity contribution is 6.33. The quantitative estimate of drug-likeness (QED) is 0.527. The van der Waals surface area contributed by atoms with Crippen LogP contribution in [-0.2, 0) is 11.2 Å². The lowest BCUT2D eigenvalue weighted by Crippen LogP contribution is -2.42. The largest absolute Gasteiger partial charge is 0.480 e. The van der Waals surface area contributed by atoms with E-state index >= 15 is 0 Å². The third-order valence-corrected chi connectivity index (χ3v) is 4.85. The molecule has 0 aromatic heterocycles. The fourth-order valence-corrected chi connectivity index (χ4v) is 3.13. The molecule has 0 aliphatic carbocycles. The minimum absolute atomic E-state index is 0.0344. The van der Waals surface area contributed by atoms with Crippen LogP contribution in [0.1, 0.15) is 29.3 Å². The molecule has 0 spiro atoms. The average molecular weight is 458 g/mol. The highest BCUT2D eigenvalue weighted by Crippen LogP contribution is 2.17. The molecule has 32 heavy (non-hydrogen) atoms. The topological polar surface area (TPSA) is 100 Å². The summed E-state index contributed by atoms with van der Waals surface area (Å²) in [7, 11) is 0. The Balaban J connectivity index is 2.02. The molecule has 0 radical (unpaired) electrons. The number of ether oxygens (including phenoxy) is 1. The molecule has 1 unspecified atom stereocenters. The first kappa shape index (κ1) is 24.7. The van der Waals surface area contributed by atoms with Crippen molar-refractivity contribution in [2.24, 2.45) is 0 Å². The Morgan fingerprint density at radius 1 is 1.16 bits per heavy atom. The van der Waals surface area contributed by atoms with Gasteiger partial charge in [-0.1, -0.05) is 42.8 Å². The first-order valence-corrected chi connectivity index (χ1v) is 10.4. The maximum Gasteiger partial charge on any atom is 0.415 e. The summed E-state index contributed by atoms with van der Waals surface area (Å²) >= 11 is 6.00. The molecule has 1 atom stereocenters. The summed E-state index contributed by atoms with van der Waals surface area (Å²) in [5, 5.41) is 12.2.